The fraction of sp³-hybridized carbons (Fsp3) is 0.0270. The van der Waals surface area contributed by atoms with Gasteiger partial charge in [0.2, 0.25) is 0 Å². The monoisotopic (exact) mass is 508 g/mol. The summed E-state index contributed by atoms with van der Waals surface area (Å²) >= 11 is 0. The quantitative estimate of drug-likeness (QED) is 0.222. The molecule has 0 amide bonds. The number of benzene rings is 6. The van der Waals surface area contributed by atoms with Gasteiger partial charge in [-0.15, -0.1) is 0 Å². The third kappa shape index (κ3) is 2.50. The van der Waals surface area contributed by atoms with Crippen molar-refractivity contribution in [3.63, 3.8) is 0 Å². The lowest BCUT2D eigenvalue weighted by Gasteiger charge is -2.13. The predicted molar refractivity (Wildman–Crippen MR) is 162 cm³/mol. The lowest BCUT2D eigenvalue weighted by atomic mass is 9.92. The Morgan fingerprint density at radius 3 is 2.20 bits per heavy atom. The van der Waals surface area contributed by atoms with Gasteiger partial charge >= 0.3 is 0 Å². The van der Waals surface area contributed by atoms with E-state index in [-0.39, 0.29) is 5.92 Å². The molecular weight excluding hydrogens is 488 g/mol. The number of furan rings is 1. The summed E-state index contributed by atoms with van der Waals surface area (Å²) in [6, 6.07) is 40.9. The molecule has 2 aromatic heterocycles. The third-order valence-electron chi connectivity index (χ3n) is 8.86. The highest BCUT2D eigenvalue weighted by Gasteiger charge is 2.43. The first-order valence-corrected chi connectivity index (χ1v) is 13.7. The first kappa shape index (κ1) is 20.7. The summed E-state index contributed by atoms with van der Waals surface area (Å²) in [5.74, 6) is -0.00191. The minimum absolute atomic E-state index is 0.00191. The Morgan fingerprint density at radius 2 is 1.27 bits per heavy atom. The van der Waals surface area contributed by atoms with E-state index in [0.717, 1.165) is 44.4 Å². The van der Waals surface area contributed by atoms with Crippen LogP contribution < -0.4 is 0 Å². The average molecular weight is 509 g/mol. The molecule has 40 heavy (non-hydrogen) atoms. The van der Waals surface area contributed by atoms with Crippen molar-refractivity contribution in [2.45, 2.75) is 5.92 Å². The smallest absolute Gasteiger partial charge is 0.140 e. The van der Waals surface area contributed by atoms with E-state index >= 15 is 0 Å². The van der Waals surface area contributed by atoms with Gasteiger partial charge in [-0.3, -0.25) is 0 Å². The van der Waals surface area contributed by atoms with Gasteiger partial charge in [0.1, 0.15) is 11.2 Å². The van der Waals surface area contributed by atoms with Crippen molar-refractivity contribution in [2.24, 2.45) is 0 Å². The Balaban J connectivity index is 1.35. The lowest BCUT2D eigenvalue weighted by Crippen LogP contribution is -2.00. The molecule has 0 spiro atoms. The van der Waals surface area contributed by atoms with E-state index < -0.39 is 0 Å². The number of para-hydroxylation sites is 3. The maximum absolute atomic E-state index is 6.61. The normalized spacial score (nSPS) is 14.8. The molecule has 2 aliphatic rings. The van der Waals surface area contributed by atoms with Crippen molar-refractivity contribution >= 4 is 43.7 Å². The van der Waals surface area contributed by atoms with Crippen LogP contribution in [0.5, 0.6) is 0 Å². The van der Waals surface area contributed by atoms with Gasteiger partial charge in [-0.25, -0.2) is 9.97 Å². The van der Waals surface area contributed by atoms with Gasteiger partial charge in [-0.1, -0.05) is 78.9 Å². The Labute approximate surface area is 229 Å². The van der Waals surface area contributed by atoms with Gasteiger partial charge in [0.05, 0.1) is 28.3 Å². The van der Waals surface area contributed by atoms with E-state index in [9.17, 15) is 0 Å². The van der Waals surface area contributed by atoms with Crippen LogP contribution in [-0.2, 0) is 0 Å². The number of nitrogens with zero attached hydrogens (tertiary/aromatic N) is 2. The predicted octanol–water partition coefficient (Wildman–Crippen LogP) is 9.49. The molecule has 0 saturated carbocycles. The van der Waals surface area contributed by atoms with Gasteiger partial charge in [-0.05, 0) is 75.0 Å². The number of hydrogen-bond donors (Lipinski definition) is 0. The summed E-state index contributed by atoms with van der Waals surface area (Å²) in [5, 5.41) is 4.80. The number of hydrogen-bond acceptors (Lipinski definition) is 3. The van der Waals surface area contributed by atoms with E-state index in [1.807, 2.05) is 18.2 Å². The van der Waals surface area contributed by atoms with E-state index in [1.165, 1.54) is 49.7 Å². The Bertz CT molecular complexity index is 2390. The van der Waals surface area contributed by atoms with Gasteiger partial charge in [0.15, 0.2) is 0 Å². The molecule has 1 unspecified atom stereocenters. The zero-order valence-electron chi connectivity index (χ0n) is 21.3. The van der Waals surface area contributed by atoms with Gasteiger partial charge in [-0.2, -0.15) is 0 Å². The third-order valence-corrected chi connectivity index (χ3v) is 8.86. The molecule has 0 aliphatic heterocycles. The highest BCUT2D eigenvalue weighted by atomic mass is 16.3. The van der Waals surface area contributed by atoms with Crippen LogP contribution in [0.1, 0.15) is 22.7 Å². The largest absolute Gasteiger partial charge is 0.456 e. The molecular formula is C37H20N2O. The summed E-state index contributed by atoms with van der Waals surface area (Å²) in [7, 11) is 0. The molecule has 3 heteroatoms. The van der Waals surface area contributed by atoms with Gasteiger partial charge in [0.25, 0.3) is 0 Å². The molecule has 0 saturated heterocycles. The zero-order chi connectivity index (χ0) is 25.9. The van der Waals surface area contributed by atoms with Crippen molar-refractivity contribution in [1.29, 1.82) is 0 Å². The zero-order valence-corrected chi connectivity index (χ0v) is 21.3. The van der Waals surface area contributed by atoms with E-state index in [1.54, 1.807) is 0 Å². The molecule has 0 radical (unpaired) electrons. The second-order valence-electron chi connectivity index (χ2n) is 10.9. The topological polar surface area (TPSA) is 38.9 Å². The fourth-order valence-electron chi connectivity index (χ4n) is 7.18. The summed E-state index contributed by atoms with van der Waals surface area (Å²) in [6.45, 7) is 0. The van der Waals surface area contributed by atoms with Crippen LogP contribution in [0.4, 0.5) is 0 Å². The highest BCUT2D eigenvalue weighted by Crippen LogP contribution is 2.60. The lowest BCUT2D eigenvalue weighted by molar-refractivity contribution is 0.662. The van der Waals surface area contributed by atoms with E-state index in [2.05, 4.69) is 97.1 Å². The number of fused-ring (bicyclic) bond motifs is 12. The van der Waals surface area contributed by atoms with Crippen LogP contribution in [0.25, 0.3) is 77.3 Å². The molecule has 2 aliphatic carbocycles. The van der Waals surface area contributed by atoms with Crippen molar-refractivity contribution in [1.82, 2.24) is 9.97 Å². The standard InChI is InChI=1S/C37H20N2O/c1-2-10-22-20(8-1)9-7-12-23(22)21-18-27-25-16-17-26-24-11-3-6-15-31(24)40-37(26)33(25)34-32(27)28(19-21)35-36(34)39-30-14-5-4-13-29(30)38-35/h1-19,34H. The molecule has 3 nitrogen and oxygen atoms in total. The molecule has 0 bridgehead atoms. The molecule has 0 N–H and O–H groups in total. The Kier molecular flexibility index (Phi) is 3.73. The van der Waals surface area contributed by atoms with Crippen LogP contribution in [-0.4, -0.2) is 9.97 Å². The maximum Gasteiger partial charge on any atom is 0.140 e. The highest BCUT2D eigenvalue weighted by molar-refractivity contribution is 6.11. The van der Waals surface area contributed by atoms with E-state index in [4.69, 9.17) is 14.4 Å². The Morgan fingerprint density at radius 1 is 0.525 bits per heavy atom. The first-order valence-electron chi connectivity index (χ1n) is 13.7. The van der Waals surface area contributed by atoms with Crippen molar-refractivity contribution < 1.29 is 4.42 Å². The average Bonchev–Trinajstić information content (AvgIpc) is 3.65. The molecule has 10 rings (SSSR count). The van der Waals surface area contributed by atoms with E-state index in [0.29, 0.717) is 0 Å². The summed E-state index contributed by atoms with van der Waals surface area (Å²) < 4.78 is 6.61. The van der Waals surface area contributed by atoms with Crippen LogP contribution in [0.15, 0.2) is 120 Å². The van der Waals surface area contributed by atoms with Crippen LogP contribution in [0.2, 0.25) is 0 Å². The second kappa shape index (κ2) is 7.22. The summed E-state index contributed by atoms with van der Waals surface area (Å²) in [4.78, 5) is 10.5. The van der Waals surface area contributed by atoms with Crippen molar-refractivity contribution in [3.05, 3.63) is 132 Å². The van der Waals surface area contributed by atoms with Crippen LogP contribution >= 0.6 is 0 Å². The molecule has 6 aromatic carbocycles. The molecule has 1 atom stereocenters. The number of aromatic nitrogens is 2. The Hall–Kier alpha value is -5.28. The van der Waals surface area contributed by atoms with Gasteiger partial charge < -0.3 is 4.42 Å². The minimum Gasteiger partial charge on any atom is -0.456 e. The molecule has 184 valence electrons. The molecule has 2 heterocycles. The molecule has 8 aromatic rings. The minimum atomic E-state index is -0.00191. The number of rotatable bonds is 1. The molecule has 0 fully saturated rings. The SMILES string of the molecule is c1ccc2c(-c3cc4c5c(c3)-c3nc6ccccc6nc3C5c3c-4ccc4c3oc3ccccc34)cccc2c1. The van der Waals surface area contributed by atoms with Crippen molar-refractivity contribution in [2.75, 3.05) is 0 Å². The maximum atomic E-state index is 6.61. The van der Waals surface area contributed by atoms with Crippen molar-refractivity contribution in [3.8, 4) is 33.5 Å². The first-order chi connectivity index (χ1) is 19.8. The summed E-state index contributed by atoms with van der Waals surface area (Å²) in [6.07, 6.45) is 0. The van der Waals surface area contributed by atoms with Crippen LogP contribution in [0.3, 0.4) is 0 Å². The second-order valence-corrected chi connectivity index (χ2v) is 10.9. The van der Waals surface area contributed by atoms with Crippen LogP contribution in [0, 0.1) is 0 Å². The fourth-order valence-corrected chi connectivity index (χ4v) is 7.18. The van der Waals surface area contributed by atoms with Gasteiger partial charge in [0, 0.05) is 21.9 Å². The summed E-state index contributed by atoms with van der Waals surface area (Å²) in [5.41, 5.74) is 14.3.